The molecule has 0 atom stereocenters. The topological polar surface area (TPSA) is 162 Å². The molecular weight excluding hydrogens is 290 g/mol. The fourth-order valence-electron chi connectivity index (χ4n) is 2.04. The van der Waals surface area contributed by atoms with Crippen LogP contribution in [0.1, 0.15) is 0 Å². The molecule has 0 unspecified atom stereocenters. The zero-order valence-electron chi connectivity index (χ0n) is 10.8. The Morgan fingerprint density at radius 1 is 1.09 bits per heavy atom. The second kappa shape index (κ2) is 4.44. The molecule has 0 bridgehead atoms. The number of nitrogens with one attached hydrogen (secondary N) is 3. The molecule has 0 spiro atoms. The van der Waals surface area contributed by atoms with Gasteiger partial charge in [0.05, 0.1) is 5.56 Å². The van der Waals surface area contributed by atoms with Gasteiger partial charge < -0.3 is 10.1 Å². The number of phenols is 1. The molecule has 22 heavy (non-hydrogen) atoms. The first-order valence-electron chi connectivity index (χ1n) is 6.10. The summed E-state index contributed by atoms with van der Waals surface area (Å²) in [6.07, 6.45) is 0. The summed E-state index contributed by atoms with van der Waals surface area (Å²) in [4.78, 5) is 18.6. The van der Waals surface area contributed by atoms with E-state index in [-0.39, 0.29) is 22.7 Å². The molecule has 4 rings (SSSR count). The third kappa shape index (κ3) is 1.80. The summed E-state index contributed by atoms with van der Waals surface area (Å²) in [5.41, 5.74) is 0.733. The van der Waals surface area contributed by atoms with Crippen molar-refractivity contribution in [2.75, 3.05) is 0 Å². The highest BCUT2D eigenvalue weighted by atomic mass is 16.3. The standard InChI is InChI=1S/C11H7N9O2/c21-6-3-4(8-15-19-20-16-8)1-2-5(6)9-12-10-7(11(22)13-9)14-18-17-10/h1-3,21H,(H,15,16,19,20)(H2,12,13,14,17,18,22). The molecule has 108 valence electrons. The average Bonchev–Trinajstić information content (AvgIpc) is 3.18. The van der Waals surface area contributed by atoms with E-state index in [1.165, 1.54) is 6.07 Å². The summed E-state index contributed by atoms with van der Waals surface area (Å²) < 4.78 is 0. The average molecular weight is 297 g/mol. The maximum absolute atomic E-state index is 11.9. The minimum atomic E-state index is -0.449. The smallest absolute Gasteiger partial charge is 0.281 e. The Labute approximate surface area is 120 Å². The highest BCUT2D eigenvalue weighted by molar-refractivity contribution is 5.74. The van der Waals surface area contributed by atoms with Crippen molar-refractivity contribution >= 4 is 11.2 Å². The number of hydrogen-bond donors (Lipinski definition) is 4. The highest BCUT2D eigenvalue weighted by Gasteiger charge is 2.14. The summed E-state index contributed by atoms with van der Waals surface area (Å²) in [7, 11) is 0. The first-order chi connectivity index (χ1) is 10.7. The Kier molecular flexibility index (Phi) is 2.45. The van der Waals surface area contributed by atoms with E-state index in [2.05, 4.69) is 46.0 Å². The van der Waals surface area contributed by atoms with Gasteiger partial charge in [-0.1, -0.05) is 6.07 Å². The number of tetrazole rings is 1. The highest BCUT2D eigenvalue weighted by Crippen LogP contribution is 2.30. The van der Waals surface area contributed by atoms with Crippen LogP contribution in [0.4, 0.5) is 0 Å². The summed E-state index contributed by atoms with van der Waals surface area (Å²) in [5.74, 6) is 0.437. The van der Waals surface area contributed by atoms with Crippen LogP contribution in [0.15, 0.2) is 23.0 Å². The van der Waals surface area contributed by atoms with Gasteiger partial charge in [-0.15, -0.1) is 20.4 Å². The van der Waals surface area contributed by atoms with Crippen molar-refractivity contribution < 1.29 is 5.11 Å². The van der Waals surface area contributed by atoms with Crippen LogP contribution in [0.2, 0.25) is 0 Å². The lowest BCUT2D eigenvalue weighted by atomic mass is 10.1. The summed E-state index contributed by atoms with van der Waals surface area (Å²) in [6, 6.07) is 4.71. The molecule has 11 heteroatoms. The Hall–Kier alpha value is -3.63. The second-order valence-corrected chi connectivity index (χ2v) is 4.38. The predicted octanol–water partition coefficient (Wildman–Crippen LogP) is -0.406. The van der Waals surface area contributed by atoms with Crippen LogP contribution >= 0.6 is 0 Å². The lowest BCUT2D eigenvalue weighted by Gasteiger charge is -2.04. The number of aromatic amines is 3. The van der Waals surface area contributed by atoms with Gasteiger partial charge in [-0.05, 0) is 17.3 Å². The van der Waals surface area contributed by atoms with Crippen LogP contribution in [0.25, 0.3) is 33.9 Å². The lowest BCUT2D eigenvalue weighted by molar-refractivity contribution is 0.477. The van der Waals surface area contributed by atoms with Crippen molar-refractivity contribution in [1.29, 1.82) is 0 Å². The Balaban J connectivity index is 1.86. The minimum Gasteiger partial charge on any atom is -0.507 e. The summed E-state index contributed by atoms with van der Waals surface area (Å²) >= 11 is 0. The van der Waals surface area contributed by atoms with Crippen molar-refractivity contribution in [3.05, 3.63) is 28.6 Å². The molecule has 3 heterocycles. The number of benzene rings is 1. The molecule has 1 aromatic carbocycles. The molecule has 0 saturated heterocycles. The number of fused-ring (bicyclic) bond motifs is 1. The minimum absolute atomic E-state index is 0.0895. The van der Waals surface area contributed by atoms with Gasteiger partial charge in [0.2, 0.25) is 11.5 Å². The van der Waals surface area contributed by atoms with Crippen LogP contribution in [0, 0.1) is 0 Å². The van der Waals surface area contributed by atoms with Crippen LogP contribution in [0.3, 0.4) is 0 Å². The number of aromatic nitrogens is 9. The van der Waals surface area contributed by atoms with Gasteiger partial charge in [-0.25, -0.2) is 4.98 Å². The van der Waals surface area contributed by atoms with E-state index < -0.39 is 5.56 Å². The molecule has 0 radical (unpaired) electrons. The zero-order chi connectivity index (χ0) is 15.1. The molecular formula is C11H7N9O2. The number of nitrogens with zero attached hydrogens (tertiary/aromatic N) is 6. The van der Waals surface area contributed by atoms with Gasteiger partial charge in [-0.3, -0.25) is 4.79 Å². The van der Waals surface area contributed by atoms with Crippen LogP contribution in [-0.4, -0.2) is 51.1 Å². The number of phenolic OH excluding ortho intramolecular Hbond substituents is 1. The molecule has 11 nitrogen and oxygen atoms in total. The number of H-pyrrole nitrogens is 3. The number of aromatic hydroxyl groups is 1. The van der Waals surface area contributed by atoms with Crippen molar-refractivity contribution in [2.24, 2.45) is 0 Å². The van der Waals surface area contributed by atoms with Crippen molar-refractivity contribution in [3.8, 4) is 28.5 Å². The summed E-state index contributed by atoms with van der Waals surface area (Å²) in [6.45, 7) is 0. The van der Waals surface area contributed by atoms with Gasteiger partial charge >= 0.3 is 0 Å². The van der Waals surface area contributed by atoms with E-state index in [4.69, 9.17) is 0 Å². The maximum Gasteiger partial charge on any atom is 0.281 e. The first kappa shape index (κ1) is 12.1. The molecule has 3 aromatic heterocycles. The fraction of sp³-hybridized carbons (Fsp3) is 0. The molecule has 0 amide bonds. The van der Waals surface area contributed by atoms with E-state index >= 15 is 0 Å². The third-order valence-electron chi connectivity index (χ3n) is 3.05. The Morgan fingerprint density at radius 2 is 2.00 bits per heavy atom. The first-order valence-corrected chi connectivity index (χ1v) is 6.10. The summed E-state index contributed by atoms with van der Waals surface area (Å²) in [5, 5.41) is 33.4. The quantitative estimate of drug-likeness (QED) is 0.388. The zero-order valence-corrected chi connectivity index (χ0v) is 10.8. The van der Waals surface area contributed by atoms with Gasteiger partial charge in [0, 0.05) is 5.56 Å². The maximum atomic E-state index is 11.9. The van der Waals surface area contributed by atoms with E-state index in [9.17, 15) is 9.90 Å². The second-order valence-electron chi connectivity index (χ2n) is 4.38. The molecule has 4 aromatic rings. The van der Waals surface area contributed by atoms with E-state index in [0.717, 1.165) is 0 Å². The fourth-order valence-corrected chi connectivity index (χ4v) is 2.04. The van der Waals surface area contributed by atoms with Gasteiger partial charge in [-0.2, -0.15) is 10.4 Å². The van der Waals surface area contributed by atoms with E-state index in [0.29, 0.717) is 17.0 Å². The Morgan fingerprint density at radius 3 is 2.77 bits per heavy atom. The van der Waals surface area contributed by atoms with Crippen LogP contribution < -0.4 is 5.56 Å². The molecule has 0 aliphatic heterocycles. The molecule has 0 aliphatic rings. The molecule has 4 N–H and O–H groups in total. The van der Waals surface area contributed by atoms with Crippen molar-refractivity contribution in [2.45, 2.75) is 0 Å². The van der Waals surface area contributed by atoms with Crippen molar-refractivity contribution in [1.82, 2.24) is 46.0 Å². The van der Waals surface area contributed by atoms with E-state index in [1.807, 2.05) is 0 Å². The number of hydrogen-bond acceptors (Lipinski definition) is 8. The SMILES string of the molecule is O=c1[nH]c(-c2ccc(-c3nn[nH]n3)cc2O)nc2n[nH]nc12. The molecule has 0 aliphatic carbocycles. The normalized spacial score (nSPS) is 11.1. The van der Waals surface area contributed by atoms with Gasteiger partial charge in [0.25, 0.3) is 5.56 Å². The largest absolute Gasteiger partial charge is 0.507 e. The molecule has 0 saturated carbocycles. The van der Waals surface area contributed by atoms with Crippen molar-refractivity contribution in [3.63, 3.8) is 0 Å². The van der Waals surface area contributed by atoms with Crippen LogP contribution in [0.5, 0.6) is 5.75 Å². The van der Waals surface area contributed by atoms with Crippen LogP contribution in [-0.2, 0) is 0 Å². The van der Waals surface area contributed by atoms with Gasteiger partial charge in [0.15, 0.2) is 5.52 Å². The monoisotopic (exact) mass is 297 g/mol. The predicted molar refractivity (Wildman–Crippen MR) is 72.6 cm³/mol. The van der Waals surface area contributed by atoms with E-state index in [1.54, 1.807) is 12.1 Å². The van der Waals surface area contributed by atoms with Gasteiger partial charge in [0.1, 0.15) is 11.6 Å². The Bertz CT molecular complexity index is 1020. The molecule has 0 fully saturated rings. The lowest BCUT2D eigenvalue weighted by Crippen LogP contribution is -2.09. The third-order valence-corrected chi connectivity index (χ3v) is 3.05. The number of rotatable bonds is 2.